The van der Waals surface area contributed by atoms with Crippen LogP contribution in [0.3, 0.4) is 0 Å². The molecule has 0 saturated carbocycles. The Bertz CT molecular complexity index is 676. The van der Waals surface area contributed by atoms with Crippen LogP contribution in [0.15, 0.2) is 48.5 Å². The zero-order chi connectivity index (χ0) is 16.8. The van der Waals surface area contributed by atoms with E-state index in [1.807, 2.05) is 31.2 Å². The number of amides is 1. The van der Waals surface area contributed by atoms with Gasteiger partial charge in [-0.2, -0.15) is 0 Å². The lowest BCUT2D eigenvalue weighted by molar-refractivity contribution is -0.118. The SMILES string of the molecule is COc1ccccc1[C@H](C)N[C@@H](C)C(=O)Nc1ccccc1F. The zero-order valence-electron chi connectivity index (χ0n) is 13.5. The van der Waals surface area contributed by atoms with E-state index in [0.29, 0.717) is 0 Å². The van der Waals surface area contributed by atoms with Gasteiger partial charge in [-0.05, 0) is 32.0 Å². The van der Waals surface area contributed by atoms with Crippen molar-refractivity contribution in [3.63, 3.8) is 0 Å². The van der Waals surface area contributed by atoms with Crippen molar-refractivity contribution in [1.82, 2.24) is 5.32 Å². The van der Waals surface area contributed by atoms with Gasteiger partial charge in [0.05, 0.1) is 18.8 Å². The number of rotatable bonds is 6. The monoisotopic (exact) mass is 316 g/mol. The van der Waals surface area contributed by atoms with Crippen LogP contribution >= 0.6 is 0 Å². The van der Waals surface area contributed by atoms with E-state index in [-0.39, 0.29) is 17.6 Å². The smallest absolute Gasteiger partial charge is 0.241 e. The van der Waals surface area contributed by atoms with Gasteiger partial charge in [-0.1, -0.05) is 30.3 Å². The second-order valence-electron chi connectivity index (χ2n) is 5.32. The number of ether oxygens (including phenoxy) is 1. The van der Waals surface area contributed by atoms with Crippen molar-refractivity contribution in [2.24, 2.45) is 0 Å². The first kappa shape index (κ1) is 17.0. The van der Waals surface area contributed by atoms with Crippen molar-refractivity contribution in [2.45, 2.75) is 25.9 Å². The number of halogens is 1. The van der Waals surface area contributed by atoms with Crippen LogP contribution in [0.5, 0.6) is 5.75 Å². The van der Waals surface area contributed by atoms with Gasteiger partial charge in [0.2, 0.25) is 5.91 Å². The van der Waals surface area contributed by atoms with Gasteiger partial charge >= 0.3 is 0 Å². The number of carbonyl (C=O) groups excluding carboxylic acids is 1. The van der Waals surface area contributed by atoms with E-state index in [4.69, 9.17) is 4.74 Å². The van der Waals surface area contributed by atoms with E-state index in [1.165, 1.54) is 12.1 Å². The quantitative estimate of drug-likeness (QED) is 0.857. The van der Waals surface area contributed by atoms with Gasteiger partial charge in [0.15, 0.2) is 0 Å². The summed E-state index contributed by atoms with van der Waals surface area (Å²) in [5, 5.41) is 5.78. The fourth-order valence-corrected chi connectivity index (χ4v) is 2.37. The molecule has 122 valence electrons. The maximum atomic E-state index is 13.6. The van der Waals surface area contributed by atoms with Crippen molar-refractivity contribution in [3.05, 3.63) is 59.9 Å². The topological polar surface area (TPSA) is 50.4 Å². The fraction of sp³-hybridized carbons (Fsp3) is 0.278. The van der Waals surface area contributed by atoms with Crippen LogP contribution in [-0.4, -0.2) is 19.1 Å². The van der Waals surface area contributed by atoms with Gasteiger partial charge in [-0.3, -0.25) is 10.1 Å². The summed E-state index contributed by atoms with van der Waals surface area (Å²) in [6, 6.07) is 13.1. The lowest BCUT2D eigenvalue weighted by Gasteiger charge is -2.21. The molecule has 4 nitrogen and oxygen atoms in total. The number of para-hydroxylation sites is 2. The number of methoxy groups -OCH3 is 1. The fourth-order valence-electron chi connectivity index (χ4n) is 2.37. The highest BCUT2D eigenvalue weighted by Gasteiger charge is 2.19. The highest BCUT2D eigenvalue weighted by atomic mass is 19.1. The molecule has 0 heterocycles. The van der Waals surface area contributed by atoms with Gasteiger partial charge in [-0.15, -0.1) is 0 Å². The minimum atomic E-state index is -0.491. The first-order valence-corrected chi connectivity index (χ1v) is 7.47. The molecule has 0 fully saturated rings. The normalized spacial score (nSPS) is 13.2. The molecule has 2 N–H and O–H groups in total. The van der Waals surface area contributed by atoms with Crippen LogP contribution in [0.4, 0.5) is 10.1 Å². The van der Waals surface area contributed by atoms with E-state index in [9.17, 15) is 9.18 Å². The molecule has 2 atom stereocenters. The molecule has 0 aliphatic heterocycles. The van der Waals surface area contributed by atoms with E-state index in [2.05, 4.69) is 10.6 Å². The third kappa shape index (κ3) is 4.29. The summed E-state index contributed by atoms with van der Waals surface area (Å²) in [7, 11) is 1.61. The molecule has 23 heavy (non-hydrogen) atoms. The second-order valence-corrected chi connectivity index (χ2v) is 5.32. The number of hydrogen-bond donors (Lipinski definition) is 2. The lowest BCUT2D eigenvalue weighted by Crippen LogP contribution is -2.39. The Kier molecular flexibility index (Phi) is 5.71. The van der Waals surface area contributed by atoms with Crippen LogP contribution < -0.4 is 15.4 Å². The van der Waals surface area contributed by atoms with Gasteiger partial charge in [0.1, 0.15) is 11.6 Å². The Morgan fingerprint density at radius 2 is 1.74 bits per heavy atom. The Balaban J connectivity index is 2.02. The molecule has 1 amide bonds. The standard InChI is InChI=1S/C18H21FN2O2/c1-12(14-8-4-7-11-17(14)23-3)20-13(2)18(22)21-16-10-6-5-9-15(16)19/h4-13,20H,1-3H3,(H,21,22)/t12-,13-/m0/s1. The summed E-state index contributed by atoms with van der Waals surface area (Å²) in [6.45, 7) is 3.69. The van der Waals surface area contributed by atoms with Crippen molar-refractivity contribution in [1.29, 1.82) is 0 Å². The minimum absolute atomic E-state index is 0.0903. The van der Waals surface area contributed by atoms with E-state index >= 15 is 0 Å². The molecular weight excluding hydrogens is 295 g/mol. The molecule has 2 aromatic carbocycles. The minimum Gasteiger partial charge on any atom is -0.496 e. The number of nitrogens with one attached hydrogen (secondary N) is 2. The van der Waals surface area contributed by atoms with Gasteiger partial charge in [0.25, 0.3) is 0 Å². The molecule has 5 heteroatoms. The third-order valence-corrected chi connectivity index (χ3v) is 3.63. The molecule has 0 spiro atoms. The first-order chi connectivity index (χ1) is 11.0. The number of benzene rings is 2. The summed E-state index contributed by atoms with van der Waals surface area (Å²) in [4.78, 5) is 12.2. The van der Waals surface area contributed by atoms with Gasteiger partial charge in [0, 0.05) is 11.6 Å². The molecular formula is C18H21FN2O2. The highest BCUT2D eigenvalue weighted by molar-refractivity contribution is 5.94. The molecule has 0 saturated heterocycles. The first-order valence-electron chi connectivity index (χ1n) is 7.47. The molecule has 2 aromatic rings. The third-order valence-electron chi connectivity index (χ3n) is 3.63. The largest absolute Gasteiger partial charge is 0.496 e. The summed E-state index contributed by atoms with van der Waals surface area (Å²) < 4.78 is 18.9. The van der Waals surface area contributed by atoms with E-state index < -0.39 is 11.9 Å². The van der Waals surface area contributed by atoms with Crippen LogP contribution in [0, 0.1) is 5.82 Å². The predicted octanol–water partition coefficient (Wildman–Crippen LogP) is 3.51. The molecule has 0 aromatic heterocycles. The van der Waals surface area contributed by atoms with Gasteiger partial charge in [-0.25, -0.2) is 4.39 Å². The molecule has 0 bridgehead atoms. The second kappa shape index (κ2) is 7.74. The van der Waals surface area contributed by atoms with Crippen LogP contribution in [0.1, 0.15) is 25.5 Å². The van der Waals surface area contributed by atoms with Crippen LogP contribution in [0.2, 0.25) is 0 Å². The maximum absolute atomic E-state index is 13.6. The molecule has 0 radical (unpaired) electrons. The van der Waals surface area contributed by atoms with Crippen molar-refractivity contribution < 1.29 is 13.9 Å². The Morgan fingerprint density at radius 1 is 1.09 bits per heavy atom. The number of carbonyl (C=O) groups is 1. The zero-order valence-corrected chi connectivity index (χ0v) is 13.5. The summed E-state index contributed by atoms with van der Waals surface area (Å²) in [6.07, 6.45) is 0. The highest BCUT2D eigenvalue weighted by Crippen LogP contribution is 2.24. The molecule has 0 unspecified atom stereocenters. The number of hydrogen-bond acceptors (Lipinski definition) is 3. The predicted molar refractivity (Wildman–Crippen MR) is 89.0 cm³/mol. The summed E-state index contributed by atoms with van der Waals surface area (Å²) in [5.74, 6) is 0.0110. The molecule has 0 aliphatic carbocycles. The van der Waals surface area contributed by atoms with Crippen LogP contribution in [-0.2, 0) is 4.79 Å². The van der Waals surface area contributed by atoms with Crippen molar-refractivity contribution in [2.75, 3.05) is 12.4 Å². The van der Waals surface area contributed by atoms with Crippen molar-refractivity contribution in [3.8, 4) is 5.75 Å². The summed E-state index contributed by atoms with van der Waals surface area (Å²) >= 11 is 0. The van der Waals surface area contributed by atoms with E-state index in [0.717, 1.165) is 11.3 Å². The van der Waals surface area contributed by atoms with Crippen molar-refractivity contribution >= 4 is 11.6 Å². The Hall–Kier alpha value is -2.40. The van der Waals surface area contributed by atoms with E-state index in [1.54, 1.807) is 26.2 Å². The Morgan fingerprint density at radius 3 is 2.43 bits per heavy atom. The van der Waals surface area contributed by atoms with Crippen LogP contribution in [0.25, 0.3) is 0 Å². The average Bonchev–Trinajstić information content (AvgIpc) is 2.56. The molecule has 0 aliphatic rings. The average molecular weight is 316 g/mol. The Labute approximate surface area is 135 Å². The maximum Gasteiger partial charge on any atom is 0.241 e. The number of anilines is 1. The van der Waals surface area contributed by atoms with Gasteiger partial charge < -0.3 is 10.1 Å². The summed E-state index contributed by atoms with van der Waals surface area (Å²) in [5.41, 5.74) is 1.14. The molecule has 2 rings (SSSR count). The lowest BCUT2D eigenvalue weighted by atomic mass is 10.1.